The van der Waals surface area contributed by atoms with E-state index in [9.17, 15) is 8.42 Å². The minimum absolute atomic E-state index is 0.327. The van der Waals surface area contributed by atoms with E-state index in [0.29, 0.717) is 24.4 Å². The van der Waals surface area contributed by atoms with Crippen molar-refractivity contribution in [1.29, 1.82) is 0 Å². The van der Waals surface area contributed by atoms with Gasteiger partial charge >= 0.3 is 0 Å². The first-order valence-electron chi connectivity index (χ1n) is 5.99. The average molecular weight is 248 g/mol. The van der Waals surface area contributed by atoms with Crippen molar-refractivity contribution in [3.8, 4) is 0 Å². The van der Waals surface area contributed by atoms with Crippen LogP contribution in [0.15, 0.2) is 0 Å². The van der Waals surface area contributed by atoms with E-state index in [1.54, 1.807) is 6.92 Å². The molecule has 2 N–H and O–H groups in total. The Bertz CT molecular complexity index is 325. The van der Waals surface area contributed by atoms with E-state index in [4.69, 9.17) is 0 Å². The molecule has 1 rings (SSSR count). The Morgan fingerprint density at radius 2 is 2.00 bits per heavy atom. The lowest BCUT2D eigenvalue weighted by molar-refractivity contribution is 0.529. The van der Waals surface area contributed by atoms with Gasteiger partial charge < -0.3 is 5.32 Å². The first kappa shape index (κ1) is 13.9. The second-order valence-corrected chi connectivity index (χ2v) is 7.58. The normalized spacial score (nSPS) is 25.4. The minimum atomic E-state index is -3.15. The Balaban J connectivity index is 2.34. The Kier molecular flexibility index (Phi) is 4.37. The summed E-state index contributed by atoms with van der Waals surface area (Å²) in [7, 11) is -3.15. The van der Waals surface area contributed by atoms with Crippen molar-refractivity contribution in [2.24, 2.45) is 11.3 Å². The molecule has 1 saturated carbocycles. The monoisotopic (exact) mass is 248 g/mol. The summed E-state index contributed by atoms with van der Waals surface area (Å²) < 4.78 is 26.4. The maximum Gasteiger partial charge on any atom is 0.215 e. The molecule has 16 heavy (non-hydrogen) atoms. The first-order chi connectivity index (χ1) is 7.29. The van der Waals surface area contributed by atoms with Gasteiger partial charge in [0, 0.05) is 13.1 Å². The van der Waals surface area contributed by atoms with Crippen molar-refractivity contribution < 1.29 is 8.42 Å². The number of rotatable bonds is 7. The van der Waals surface area contributed by atoms with Gasteiger partial charge in [-0.3, -0.25) is 0 Å². The summed E-state index contributed by atoms with van der Waals surface area (Å²) in [4.78, 5) is 0. The molecule has 0 heterocycles. The molecule has 0 aromatic rings. The van der Waals surface area contributed by atoms with Crippen LogP contribution in [0.4, 0.5) is 0 Å². The molecule has 2 atom stereocenters. The lowest BCUT2D eigenvalue weighted by Crippen LogP contribution is -2.39. The predicted molar refractivity (Wildman–Crippen MR) is 66.8 cm³/mol. The Hall–Kier alpha value is -0.130. The van der Waals surface area contributed by atoms with Crippen LogP contribution in [0, 0.1) is 11.3 Å². The molecule has 0 amide bonds. The fraction of sp³-hybridized carbons (Fsp3) is 1.00. The molecular formula is C11H24N2O2S. The van der Waals surface area contributed by atoms with Crippen LogP contribution in [0.2, 0.25) is 0 Å². The zero-order chi connectivity index (χ0) is 12.4. The van der Waals surface area contributed by atoms with Crippen molar-refractivity contribution in [1.82, 2.24) is 10.0 Å². The topological polar surface area (TPSA) is 58.2 Å². The Morgan fingerprint density at radius 3 is 2.44 bits per heavy atom. The largest absolute Gasteiger partial charge is 0.316 e. The molecule has 0 radical (unpaired) electrons. The van der Waals surface area contributed by atoms with E-state index in [2.05, 4.69) is 23.9 Å². The van der Waals surface area contributed by atoms with E-state index >= 15 is 0 Å². The van der Waals surface area contributed by atoms with Gasteiger partial charge in [0.15, 0.2) is 0 Å². The molecule has 4 nitrogen and oxygen atoms in total. The molecule has 0 spiro atoms. The fourth-order valence-corrected chi connectivity index (χ4v) is 2.80. The van der Waals surface area contributed by atoms with Gasteiger partial charge in [-0.2, -0.15) is 0 Å². The van der Waals surface area contributed by atoms with Crippen molar-refractivity contribution in [2.75, 3.05) is 19.6 Å². The van der Waals surface area contributed by atoms with Gasteiger partial charge in [-0.1, -0.05) is 20.8 Å². The molecule has 0 bridgehead atoms. The molecule has 0 aliphatic heterocycles. The van der Waals surface area contributed by atoms with Crippen LogP contribution in [-0.2, 0) is 10.0 Å². The first-order valence-corrected chi connectivity index (χ1v) is 7.53. The van der Waals surface area contributed by atoms with Crippen LogP contribution < -0.4 is 10.0 Å². The van der Waals surface area contributed by atoms with E-state index in [1.807, 2.05) is 6.92 Å². The van der Waals surface area contributed by atoms with Crippen LogP contribution in [0.5, 0.6) is 0 Å². The van der Waals surface area contributed by atoms with E-state index in [0.717, 1.165) is 13.0 Å². The lowest BCUT2D eigenvalue weighted by atomic mass is 10.1. The van der Waals surface area contributed by atoms with Crippen molar-refractivity contribution >= 4 is 10.0 Å². The molecule has 5 heteroatoms. The maximum atomic E-state index is 11.8. The molecule has 0 saturated heterocycles. The summed E-state index contributed by atoms with van der Waals surface area (Å²) >= 11 is 0. The van der Waals surface area contributed by atoms with Crippen molar-refractivity contribution in [3.05, 3.63) is 0 Å². The van der Waals surface area contributed by atoms with Gasteiger partial charge in [0.25, 0.3) is 0 Å². The van der Waals surface area contributed by atoms with Crippen LogP contribution in [0.3, 0.4) is 0 Å². The second-order valence-electron chi connectivity index (χ2n) is 5.40. The van der Waals surface area contributed by atoms with E-state index in [-0.39, 0.29) is 5.25 Å². The zero-order valence-electron chi connectivity index (χ0n) is 10.7. The molecule has 96 valence electrons. The summed E-state index contributed by atoms with van der Waals surface area (Å²) in [6, 6.07) is 0. The van der Waals surface area contributed by atoms with Crippen molar-refractivity contribution in [3.63, 3.8) is 0 Å². The second kappa shape index (κ2) is 5.02. The highest BCUT2D eigenvalue weighted by molar-refractivity contribution is 7.90. The summed E-state index contributed by atoms with van der Waals surface area (Å²) in [5.41, 5.74) is 0.327. The highest BCUT2D eigenvalue weighted by Crippen LogP contribution is 2.51. The average Bonchev–Trinajstić information content (AvgIpc) is 2.80. The highest BCUT2D eigenvalue weighted by Gasteiger charge is 2.45. The van der Waals surface area contributed by atoms with Gasteiger partial charge in [-0.05, 0) is 31.2 Å². The zero-order valence-corrected chi connectivity index (χ0v) is 11.5. The third-order valence-corrected chi connectivity index (χ3v) is 5.26. The molecule has 2 unspecified atom stereocenters. The third-order valence-electron chi connectivity index (χ3n) is 3.46. The van der Waals surface area contributed by atoms with Gasteiger partial charge in [-0.25, -0.2) is 13.1 Å². The van der Waals surface area contributed by atoms with Gasteiger partial charge in [-0.15, -0.1) is 0 Å². The van der Waals surface area contributed by atoms with Gasteiger partial charge in [0.05, 0.1) is 5.25 Å². The van der Waals surface area contributed by atoms with Gasteiger partial charge in [0.2, 0.25) is 10.0 Å². The number of nitrogens with one attached hydrogen (secondary N) is 2. The van der Waals surface area contributed by atoms with Crippen molar-refractivity contribution in [2.45, 2.75) is 39.4 Å². The molecule has 1 aliphatic rings. The van der Waals surface area contributed by atoms with E-state index < -0.39 is 10.0 Å². The summed E-state index contributed by atoms with van der Waals surface area (Å²) in [5.74, 6) is 0.508. The number of hydrogen-bond donors (Lipinski definition) is 2. The SMILES string of the molecule is CCNCC(C)S(=O)(=O)NCC1CC1(C)C. The molecule has 1 fully saturated rings. The smallest absolute Gasteiger partial charge is 0.215 e. The van der Waals surface area contributed by atoms with Gasteiger partial charge in [0.1, 0.15) is 0 Å². The van der Waals surface area contributed by atoms with Crippen LogP contribution in [0.1, 0.15) is 34.1 Å². The quantitative estimate of drug-likeness (QED) is 0.705. The molecule has 0 aromatic carbocycles. The maximum absolute atomic E-state index is 11.8. The van der Waals surface area contributed by atoms with Crippen LogP contribution in [0.25, 0.3) is 0 Å². The fourth-order valence-electron chi connectivity index (χ4n) is 1.74. The Labute approximate surface area is 99.2 Å². The Morgan fingerprint density at radius 1 is 1.44 bits per heavy atom. The standard InChI is InChI=1S/C11H24N2O2S/c1-5-12-7-9(2)16(14,15)13-8-10-6-11(10,3)4/h9-10,12-13H,5-8H2,1-4H3. The molecular weight excluding hydrogens is 224 g/mol. The number of hydrogen-bond acceptors (Lipinski definition) is 3. The summed E-state index contributed by atoms with van der Waals surface area (Å²) in [6.07, 6.45) is 1.12. The summed E-state index contributed by atoms with van der Waals surface area (Å²) in [5, 5.41) is 2.69. The van der Waals surface area contributed by atoms with Crippen LogP contribution in [-0.4, -0.2) is 33.3 Å². The minimum Gasteiger partial charge on any atom is -0.316 e. The summed E-state index contributed by atoms with van der Waals surface area (Å²) in [6.45, 7) is 9.96. The number of sulfonamides is 1. The van der Waals surface area contributed by atoms with Crippen LogP contribution >= 0.6 is 0 Å². The molecule has 0 aromatic heterocycles. The molecule has 1 aliphatic carbocycles. The lowest BCUT2D eigenvalue weighted by Gasteiger charge is -2.14. The van der Waals surface area contributed by atoms with E-state index in [1.165, 1.54) is 0 Å². The predicted octanol–water partition coefficient (Wildman–Crippen LogP) is 0.950. The highest BCUT2D eigenvalue weighted by atomic mass is 32.2. The third kappa shape index (κ3) is 3.71.